The molecule has 2 aromatic heterocycles. The second-order valence-corrected chi connectivity index (χ2v) is 9.64. The summed E-state index contributed by atoms with van der Waals surface area (Å²) >= 11 is 2.16. The summed E-state index contributed by atoms with van der Waals surface area (Å²) in [5.74, 6) is 0.905. The van der Waals surface area contributed by atoms with Crippen LogP contribution in [0.1, 0.15) is 45.3 Å². The molecule has 1 N–H and O–H groups in total. The molecule has 0 aromatic carbocycles. The van der Waals surface area contributed by atoms with E-state index in [9.17, 15) is 4.79 Å². The number of nitrogens with one attached hydrogen (secondary N) is 1. The van der Waals surface area contributed by atoms with Crippen molar-refractivity contribution in [1.82, 2.24) is 25.1 Å². The molecule has 1 saturated heterocycles. The van der Waals surface area contributed by atoms with Crippen molar-refractivity contribution in [1.29, 1.82) is 0 Å². The van der Waals surface area contributed by atoms with E-state index in [0.717, 1.165) is 47.7 Å². The number of piperidine rings is 1. The molecule has 1 amide bonds. The SMILES string of the molecule is CC(C)(C)OC(=O)N[C@@H]1c2ccnn2CC12CCN(c1cnc(I)cn1)CC2. The maximum atomic E-state index is 12.5. The lowest BCUT2D eigenvalue weighted by Crippen LogP contribution is -2.48. The van der Waals surface area contributed by atoms with Crippen LogP contribution in [0.5, 0.6) is 0 Å². The van der Waals surface area contributed by atoms with Gasteiger partial charge in [0.1, 0.15) is 15.1 Å². The molecule has 1 atom stereocenters. The van der Waals surface area contributed by atoms with Crippen molar-refractivity contribution in [2.45, 2.75) is 51.8 Å². The Morgan fingerprint density at radius 2 is 2.04 bits per heavy atom. The minimum absolute atomic E-state index is 0.0619. The van der Waals surface area contributed by atoms with Crippen LogP contribution in [-0.2, 0) is 11.3 Å². The van der Waals surface area contributed by atoms with E-state index in [1.54, 1.807) is 12.4 Å². The molecule has 0 saturated carbocycles. The average Bonchev–Trinajstić information content (AvgIpc) is 3.16. The quantitative estimate of drug-likeness (QED) is 0.644. The summed E-state index contributed by atoms with van der Waals surface area (Å²) < 4.78 is 8.42. The second kappa shape index (κ2) is 7.16. The highest BCUT2D eigenvalue weighted by molar-refractivity contribution is 14.1. The number of carbonyl (C=O) groups excluding carboxylic acids is 1. The Hall–Kier alpha value is -1.91. The summed E-state index contributed by atoms with van der Waals surface area (Å²) in [6, 6.07) is 1.89. The van der Waals surface area contributed by atoms with Crippen LogP contribution in [0, 0.1) is 9.12 Å². The van der Waals surface area contributed by atoms with Crippen molar-refractivity contribution < 1.29 is 9.53 Å². The van der Waals surface area contributed by atoms with Crippen molar-refractivity contribution in [3.63, 3.8) is 0 Å². The highest BCUT2D eigenvalue weighted by Gasteiger charge is 2.49. The van der Waals surface area contributed by atoms with Crippen molar-refractivity contribution in [2.24, 2.45) is 5.41 Å². The Morgan fingerprint density at radius 1 is 1.29 bits per heavy atom. The van der Waals surface area contributed by atoms with Gasteiger partial charge in [0, 0.05) is 31.2 Å². The molecule has 0 unspecified atom stereocenters. The highest BCUT2D eigenvalue weighted by Crippen LogP contribution is 2.49. The van der Waals surface area contributed by atoms with Crippen molar-refractivity contribution in [2.75, 3.05) is 18.0 Å². The van der Waals surface area contributed by atoms with Crippen LogP contribution < -0.4 is 10.2 Å². The summed E-state index contributed by atoms with van der Waals surface area (Å²) in [5.41, 5.74) is 0.463. The molecule has 8 nitrogen and oxygen atoms in total. The first-order valence-electron chi connectivity index (χ1n) is 9.50. The third kappa shape index (κ3) is 3.81. The molecule has 150 valence electrons. The highest BCUT2D eigenvalue weighted by atomic mass is 127. The first kappa shape index (κ1) is 19.4. The van der Waals surface area contributed by atoms with Crippen molar-refractivity contribution in [3.05, 3.63) is 34.1 Å². The molecule has 1 spiro atoms. The van der Waals surface area contributed by atoms with Crippen LogP contribution in [0.4, 0.5) is 10.6 Å². The summed E-state index contributed by atoms with van der Waals surface area (Å²) in [4.78, 5) is 23.6. The Balaban J connectivity index is 1.50. The molecule has 0 radical (unpaired) electrons. The van der Waals surface area contributed by atoms with Crippen LogP contribution in [0.15, 0.2) is 24.7 Å². The van der Waals surface area contributed by atoms with Gasteiger partial charge in [-0.25, -0.2) is 14.8 Å². The fourth-order valence-electron chi connectivity index (χ4n) is 4.17. The van der Waals surface area contributed by atoms with E-state index in [0.29, 0.717) is 0 Å². The monoisotopic (exact) mass is 496 g/mol. The molecule has 2 aliphatic rings. The number of anilines is 1. The zero-order valence-corrected chi connectivity index (χ0v) is 18.5. The van der Waals surface area contributed by atoms with Crippen molar-refractivity contribution in [3.8, 4) is 0 Å². The maximum absolute atomic E-state index is 12.5. The van der Waals surface area contributed by atoms with Crippen LogP contribution in [-0.4, -0.2) is 44.5 Å². The molecular formula is C19H25IN6O2. The zero-order valence-electron chi connectivity index (χ0n) is 16.4. The van der Waals surface area contributed by atoms with E-state index in [1.165, 1.54) is 0 Å². The molecular weight excluding hydrogens is 471 g/mol. The minimum Gasteiger partial charge on any atom is -0.444 e. The molecule has 4 heterocycles. The predicted octanol–water partition coefficient (Wildman–Crippen LogP) is 3.14. The lowest BCUT2D eigenvalue weighted by atomic mass is 9.73. The number of alkyl carbamates (subject to hydrolysis) is 1. The van der Waals surface area contributed by atoms with E-state index in [1.807, 2.05) is 37.7 Å². The molecule has 2 aliphatic heterocycles. The Labute approximate surface area is 178 Å². The number of rotatable bonds is 2. The molecule has 1 fully saturated rings. The van der Waals surface area contributed by atoms with E-state index < -0.39 is 5.60 Å². The van der Waals surface area contributed by atoms with E-state index in [2.05, 4.69) is 47.9 Å². The van der Waals surface area contributed by atoms with Gasteiger partial charge in [0.2, 0.25) is 0 Å². The van der Waals surface area contributed by atoms with Gasteiger partial charge in [-0.2, -0.15) is 5.10 Å². The molecule has 2 aromatic rings. The molecule has 9 heteroatoms. The van der Waals surface area contributed by atoms with Gasteiger partial charge in [0.15, 0.2) is 0 Å². The number of hydrogen-bond acceptors (Lipinski definition) is 6. The first-order chi connectivity index (χ1) is 13.3. The van der Waals surface area contributed by atoms with Gasteiger partial charge in [0.05, 0.1) is 24.1 Å². The van der Waals surface area contributed by atoms with Gasteiger partial charge >= 0.3 is 6.09 Å². The fourth-order valence-corrected chi connectivity index (χ4v) is 4.45. The summed E-state index contributed by atoms with van der Waals surface area (Å²) in [6.07, 6.45) is 6.91. The van der Waals surface area contributed by atoms with Crippen LogP contribution in [0.3, 0.4) is 0 Å². The zero-order chi connectivity index (χ0) is 19.9. The average molecular weight is 496 g/mol. The summed E-state index contributed by atoms with van der Waals surface area (Å²) in [5, 5.41) is 7.58. The van der Waals surface area contributed by atoms with Crippen molar-refractivity contribution >= 4 is 34.5 Å². The molecule has 28 heavy (non-hydrogen) atoms. The smallest absolute Gasteiger partial charge is 0.408 e. The van der Waals surface area contributed by atoms with Crippen LogP contribution in [0.2, 0.25) is 0 Å². The summed E-state index contributed by atoms with van der Waals surface area (Å²) in [7, 11) is 0. The number of hydrogen-bond donors (Lipinski definition) is 1. The van der Waals surface area contributed by atoms with Crippen LogP contribution in [0.25, 0.3) is 0 Å². The van der Waals surface area contributed by atoms with E-state index in [-0.39, 0.29) is 17.6 Å². The Bertz CT molecular complexity index is 852. The lowest BCUT2D eigenvalue weighted by Gasteiger charge is -2.42. The standard InChI is InChI=1S/C19H25IN6O2/c1-18(2,3)28-17(27)24-16-13-4-7-23-26(13)12-19(16)5-8-25(9-6-19)15-11-21-14(20)10-22-15/h4,7,10-11,16H,5-6,8-9,12H2,1-3H3,(H,24,27)/t16-/m1/s1. The topological polar surface area (TPSA) is 85.2 Å². The van der Waals surface area contributed by atoms with E-state index >= 15 is 0 Å². The van der Waals surface area contributed by atoms with Crippen LogP contribution >= 0.6 is 22.6 Å². The normalized spacial score (nSPS) is 20.9. The Kier molecular flexibility index (Phi) is 4.96. The Morgan fingerprint density at radius 3 is 2.68 bits per heavy atom. The third-order valence-corrected chi connectivity index (χ3v) is 6.03. The second-order valence-electron chi connectivity index (χ2n) is 8.54. The van der Waals surface area contributed by atoms with E-state index in [4.69, 9.17) is 4.74 Å². The number of carbonyl (C=O) groups is 1. The third-order valence-electron chi connectivity index (χ3n) is 5.47. The molecule has 0 aliphatic carbocycles. The maximum Gasteiger partial charge on any atom is 0.408 e. The van der Waals surface area contributed by atoms with Gasteiger partial charge in [-0.3, -0.25) is 4.68 Å². The first-order valence-corrected chi connectivity index (χ1v) is 10.6. The number of nitrogens with zero attached hydrogens (tertiary/aromatic N) is 5. The number of ether oxygens (including phenoxy) is 1. The molecule has 4 rings (SSSR count). The number of amides is 1. The summed E-state index contributed by atoms with van der Waals surface area (Å²) in [6.45, 7) is 8.17. The fraction of sp³-hybridized carbons (Fsp3) is 0.579. The molecule has 0 bridgehead atoms. The predicted molar refractivity (Wildman–Crippen MR) is 113 cm³/mol. The van der Waals surface area contributed by atoms with Gasteiger partial charge < -0.3 is 15.0 Å². The largest absolute Gasteiger partial charge is 0.444 e. The number of aromatic nitrogens is 4. The number of halogens is 1. The van der Waals surface area contributed by atoms with Gasteiger partial charge in [-0.15, -0.1) is 0 Å². The van der Waals surface area contributed by atoms with Gasteiger partial charge in [-0.05, 0) is 62.3 Å². The van der Waals surface area contributed by atoms with Gasteiger partial charge in [0.25, 0.3) is 0 Å². The van der Waals surface area contributed by atoms with Gasteiger partial charge in [-0.1, -0.05) is 0 Å². The number of fused-ring (bicyclic) bond motifs is 1. The minimum atomic E-state index is -0.525. The lowest BCUT2D eigenvalue weighted by molar-refractivity contribution is 0.0423.